The Morgan fingerprint density at radius 3 is 2.79 bits per heavy atom. The van der Waals surface area contributed by atoms with Crippen LogP contribution in [0.3, 0.4) is 0 Å². The quantitative estimate of drug-likeness (QED) is 0.888. The molecule has 0 spiro atoms. The van der Waals surface area contributed by atoms with E-state index in [1.54, 1.807) is 36.9 Å². The fourth-order valence-corrected chi connectivity index (χ4v) is 2.59. The molecule has 1 N–H and O–H groups in total. The molecular weight excluding hydrogens is 312 g/mol. The van der Waals surface area contributed by atoms with Crippen LogP contribution in [0.4, 0.5) is 4.79 Å². The maximum atomic E-state index is 12.0. The van der Waals surface area contributed by atoms with Crippen LogP contribution in [-0.2, 0) is 19.6 Å². The van der Waals surface area contributed by atoms with Crippen molar-refractivity contribution in [1.82, 2.24) is 30.1 Å². The second-order valence-electron chi connectivity index (χ2n) is 5.95. The monoisotopic (exact) mass is 332 g/mol. The normalized spacial score (nSPS) is 13.5. The Balaban J connectivity index is 1.61. The first-order chi connectivity index (χ1) is 11.4. The van der Waals surface area contributed by atoms with Gasteiger partial charge in [0.25, 0.3) is 5.91 Å². The number of rotatable bonds is 3. The predicted molar refractivity (Wildman–Crippen MR) is 84.1 cm³/mol. The van der Waals surface area contributed by atoms with Crippen LogP contribution in [0.25, 0.3) is 0 Å². The van der Waals surface area contributed by atoms with Crippen molar-refractivity contribution in [3.8, 4) is 0 Å². The van der Waals surface area contributed by atoms with Gasteiger partial charge in [-0.15, -0.1) is 0 Å². The van der Waals surface area contributed by atoms with Gasteiger partial charge in [-0.1, -0.05) is 5.16 Å². The van der Waals surface area contributed by atoms with Gasteiger partial charge in [-0.3, -0.25) is 9.48 Å². The molecule has 9 heteroatoms. The Morgan fingerprint density at radius 2 is 2.12 bits per heavy atom. The SMILES string of the molecule is Cc1cc(C(=O)NCc2cc3n(n2)CCN(C(=O)N(C)C)C3)no1. The zero-order chi connectivity index (χ0) is 17.3. The second kappa shape index (κ2) is 6.34. The van der Waals surface area contributed by atoms with Crippen molar-refractivity contribution < 1.29 is 14.1 Å². The smallest absolute Gasteiger partial charge is 0.319 e. The fourth-order valence-electron chi connectivity index (χ4n) is 2.59. The van der Waals surface area contributed by atoms with Gasteiger partial charge in [0.05, 0.1) is 31.0 Å². The molecule has 9 nitrogen and oxygen atoms in total. The molecule has 1 aliphatic rings. The molecule has 0 saturated heterocycles. The van der Waals surface area contributed by atoms with E-state index in [0.717, 1.165) is 11.4 Å². The fraction of sp³-hybridized carbons (Fsp3) is 0.467. The highest BCUT2D eigenvalue weighted by Crippen LogP contribution is 2.15. The number of hydrogen-bond donors (Lipinski definition) is 1. The molecule has 0 unspecified atom stereocenters. The zero-order valence-corrected chi connectivity index (χ0v) is 13.9. The predicted octanol–water partition coefficient (Wildman–Crippen LogP) is 0.607. The van der Waals surface area contributed by atoms with Crippen LogP contribution in [-0.4, -0.2) is 57.3 Å². The van der Waals surface area contributed by atoms with Crippen LogP contribution in [0, 0.1) is 6.92 Å². The number of hydrogen-bond acceptors (Lipinski definition) is 5. The largest absolute Gasteiger partial charge is 0.361 e. The molecular formula is C15H20N6O3. The van der Waals surface area contributed by atoms with E-state index < -0.39 is 0 Å². The highest BCUT2D eigenvalue weighted by Gasteiger charge is 2.23. The van der Waals surface area contributed by atoms with E-state index in [1.165, 1.54) is 0 Å². The number of carbonyl (C=O) groups is 2. The van der Waals surface area contributed by atoms with Gasteiger partial charge in [0.15, 0.2) is 5.69 Å². The van der Waals surface area contributed by atoms with Gasteiger partial charge in [0.1, 0.15) is 5.76 Å². The Bertz CT molecular complexity index is 763. The first-order valence-corrected chi connectivity index (χ1v) is 7.67. The van der Waals surface area contributed by atoms with E-state index in [-0.39, 0.29) is 17.6 Å². The van der Waals surface area contributed by atoms with Gasteiger partial charge in [-0.2, -0.15) is 5.10 Å². The van der Waals surface area contributed by atoms with Gasteiger partial charge in [-0.25, -0.2) is 4.79 Å². The summed E-state index contributed by atoms with van der Waals surface area (Å²) < 4.78 is 6.76. The van der Waals surface area contributed by atoms with Crippen molar-refractivity contribution in [3.05, 3.63) is 35.0 Å². The molecule has 0 fully saturated rings. The number of nitrogens with one attached hydrogen (secondary N) is 1. The molecule has 0 aliphatic carbocycles. The summed E-state index contributed by atoms with van der Waals surface area (Å²) in [7, 11) is 3.47. The summed E-state index contributed by atoms with van der Waals surface area (Å²) in [6.45, 7) is 3.81. The van der Waals surface area contributed by atoms with Crippen LogP contribution in [0.1, 0.15) is 27.6 Å². The average molecular weight is 332 g/mol. The molecule has 0 bridgehead atoms. The Hall–Kier alpha value is -2.84. The molecule has 24 heavy (non-hydrogen) atoms. The lowest BCUT2D eigenvalue weighted by Crippen LogP contribution is -2.43. The highest BCUT2D eigenvalue weighted by molar-refractivity contribution is 5.92. The molecule has 2 aromatic heterocycles. The summed E-state index contributed by atoms with van der Waals surface area (Å²) in [6.07, 6.45) is 0. The number of carbonyl (C=O) groups excluding carboxylic acids is 2. The maximum absolute atomic E-state index is 12.0. The van der Waals surface area contributed by atoms with Gasteiger partial charge in [-0.05, 0) is 13.0 Å². The molecule has 2 aromatic rings. The lowest BCUT2D eigenvalue weighted by Gasteiger charge is -2.29. The molecule has 0 radical (unpaired) electrons. The summed E-state index contributed by atoms with van der Waals surface area (Å²) in [4.78, 5) is 27.3. The Morgan fingerprint density at radius 1 is 1.33 bits per heavy atom. The van der Waals surface area contributed by atoms with Crippen LogP contribution in [0.2, 0.25) is 0 Å². The lowest BCUT2D eigenvalue weighted by atomic mass is 10.3. The van der Waals surface area contributed by atoms with E-state index in [4.69, 9.17) is 4.52 Å². The van der Waals surface area contributed by atoms with Crippen molar-refractivity contribution in [2.24, 2.45) is 0 Å². The second-order valence-corrected chi connectivity index (χ2v) is 5.95. The third-order valence-corrected chi connectivity index (χ3v) is 3.79. The van der Waals surface area contributed by atoms with Gasteiger partial charge >= 0.3 is 6.03 Å². The summed E-state index contributed by atoms with van der Waals surface area (Å²) in [5, 5.41) is 10.9. The van der Waals surface area contributed by atoms with Crippen LogP contribution < -0.4 is 5.32 Å². The molecule has 3 heterocycles. The van der Waals surface area contributed by atoms with E-state index in [9.17, 15) is 9.59 Å². The van der Waals surface area contributed by atoms with Crippen LogP contribution >= 0.6 is 0 Å². The summed E-state index contributed by atoms with van der Waals surface area (Å²) >= 11 is 0. The number of urea groups is 1. The first kappa shape index (κ1) is 16.0. The lowest BCUT2D eigenvalue weighted by molar-refractivity contribution is 0.0941. The van der Waals surface area contributed by atoms with E-state index in [2.05, 4.69) is 15.6 Å². The highest BCUT2D eigenvalue weighted by atomic mass is 16.5. The summed E-state index contributed by atoms with van der Waals surface area (Å²) in [5.41, 5.74) is 1.95. The van der Waals surface area contributed by atoms with Crippen LogP contribution in [0.15, 0.2) is 16.7 Å². The van der Waals surface area contributed by atoms with E-state index in [1.807, 2.05) is 10.7 Å². The van der Waals surface area contributed by atoms with Crippen molar-refractivity contribution >= 4 is 11.9 Å². The summed E-state index contributed by atoms with van der Waals surface area (Å²) in [6, 6.07) is 3.47. The molecule has 128 valence electrons. The first-order valence-electron chi connectivity index (χ1n) is 7.67. The zero-order valence-electron chi connectivity index (χ0n) is 13.9. The molecule has 3 amide bonds. The van der Waals surface area contributed by atoms with Crippen molar-refractivity contribution in [2.75, 3.05) is 20.6 Å². The van der Waals surface area contributed by atoms with Gasteiger partial charge in [0, 0.05) is 26.7 Å². The minimum absolute atomic E-state index is 0.0151. The standard InChI is InChI=1S/C15H20N6O3/c1-10-6-13(18-24-10)14(22)16-8-11-7-12-9-20(15(23)19(2)3)4-5-21(12)17-11/h6-7H,4-5,8-9H2,1-3H3,(H,16,22). The third kappa shape index (κ3) is 3.24. The average Bonchev–Trinajstić information content (AvgIpc) is 3.16. The van der Waals surface area contributed by atoms with E-state index >= 15 is 0 Å². The molecule has 0 atom stereocenters. The molecule has 1 aliphatic heterocycles. The van der Waals surface area contributed by atoms with Crippen molar-refractivity contribution in [3.63, 3.8) is 0 Å². The Kier molecular flexibility index (Phi) is 4.24. The summed E-state index contributed by atoms with van der Waals surface area (Å²) in [5.74, 6) is 0.283. The van der Waals surface area contributed by atoms with E-state index in [0.29, 0.717) is 31.9 Å². The minimum atomic E-state index is -0.303. The number of fused-ring (bicyclic) bond motifs is 1. The topological polar surface area (TPSA) is 96.5 Å². The van der Waals surface area contributed by atoms with Crippen molar-refractivity contribution in [1.29, 1.82) is 0 Å². The number of amides is 3. The Labute approximate surface area is 139 Å². The molecule has 3 rings (SSSR count). The molecule has 0 aromatic carbocycles. The van der Waals surface area contributed by atoms with Gasteiger partial charge in [0.2, 0.25) is 0 Å². The minimum Gasteiger partial charge on any atom is -0.361 e. The number of aryl methyl sites for hydroxylation is 1. The number of nitrogens with zero attached hydrogens (tertiary/aromatic N) is 5. The third-order valence-electron chi connectivity index (χ3n) is 3.79. The van der Waals surface area contributed by atoms with Gasteiger partial charge < -0.3 is 19.6 Å². The maximum Gasteiger partial charge on any atom is 0.319 e. The number of aromatic nitrogens is 3. The molecule has 0 saturated carbocycles. The van der Waals surface area contributed by atoms with Crippen molar-refractivity contribution in [2.45, 2.75) is 26.6 Å². The van der Waals surface area contributed by atoms with Crippen LogP contribution in [0.5, 0.6) is 0 Å².